The minimum atomic E-state index is -1.30. The average Bonchev–Trinajstić information content (AvgIpc) is 2.40. The maximum Gasteiger partial charge on any atom is 0.335 e. The van der Waals surface area contributed by atoms with Crippen molar-refractivity contribution in [1.29, 1.82) is 0 Å². The maximum atomic E-state index is 13.5. The van der Waals surface area contributed by atoms with Crippen LogP contribution >= 0.6 is 0 Å². The summed E-state index contributed by atoms with van der Waals surface area (Å²) in [6.45, 7) is 0. The van der Waals surface area contributed by atoms with Gasteiger partial charge in [-0.15, -0.1) is 0 Å². The maximum absolute atomic E-state index is 13.5. The number of benzene rings is 1. The van der Waals surface area contributed by atoms with E-state index in [2.05, 4.69) is 10.3 Å². The summed E-state index contributed by atoms with van der Waals surface area (Å²) in [7, 11) is 0. The number of rotatable bonds is 3. The SMILES string of the molecule is O=C(O)c1ccc(F)c(NC(=O)c2c[nH]c(=O)[nH]c2=O)c1. The van der Waals surface area contributed by atoms with Crippen molar-refractivity contribution < 1.29 is 19.1 Å². The van der Waals surface area contributed by atoms with Crippen LogP contribution in [0.5, 0.6) is 0 Å². The van der Waals surface area contributed by atoms with Crippen molar-refractivity contribution in [2.24, 2.45) is 0 Å². The Morgan fingerprint density at radius 1 is 1.24 bits per heavy atom. The molecule has 0 radical (unpaired) electrons. The summed E-state index contributed by atoms with van der Waals surface area (Å²) in [5, 5.41) is 10.9. The van der Waals surface area contributed by atoms with Crippen molar-refractivity contribution in [1.82, 2.24) is 9.97 Å². The van der Waals surface area contributed by atoms with Crippen molar-refractivity contribution in [3.05, 3.63) is 62.2 Å². The lowest BCUT2D eigenvalue weighted by Gasteiger charge is -2.06. The van der Waals surface area contributed by atoms with Crippen LogP contribution in [-0.4, -0.2) is 27.0 Å². The lowest BCUT2D eigenvalue weighted by atomic mass is 10.2. The minimum absolute atomic E-state index is 0.234. The molecular formula is C12H8FN3O5. The molecule has 0 aliphatic heterocycles. The summed E-state index contributed by atoms with van der Waals surface area (Å²) in [6.07, 6.45) is 0.870. The molecule has 1 aromatic carbocycles. The number of carbonyl (C=O) groups is 2. The number of aromatic amines is 2. The fourth-order valence-electron chi connectivity index (χ4n) is 1.52. The van der Waals surface area contributed by atoms with Crippen LogP contribution < -0.4 is 16.6 Å². The summed E-state index contributed by atoms with van der Waals surface area (Å²) >= 11 is 0. The van der Waals surface area contributed by atoms with Gasteiger partial charge in [-0.05, 0) is 18.2 Å². The highest BCUT2D eigenvalue weighted by atomic mass is 19.1. The van der Waals surface area contributed by atoms with Crippen LogP contribution in [0.3, 0.4) is 0 Å². The highest BCUT2D eigenvalue weighted by Crippen LogP contribution is 2.16. The molecule has 1 aromatic heterocycles. The Balaban J connectivity index is 2.35. The van der Waals surface area contributed by atoms with E-state index in [1.54, 1.807) is 0 Å². The van der Waals surface area contributed by atoms with E-state index in [4.69, 9.17) is 5.11 Å². The molecule has 1 amide bonds. The van der Waals surface area contributed by atoms with Crippen LogP contribution in [-0.2, 0) is 0 Å². The predicted octanol–water partition coefficient (Wildman–Crippen LogP) is 0.153. The van der Waals surface area contributed by atoms with E-state index < -0.39 is 40.2 Å². The number of carboxylic acid groups (broad SMARTS) is 1. The third kappa shape index (κ3) is 3.03. The summed E-state index contributed by atoms with van der Waals surface area (Å²) in [5.41, 5.74) is -2.83. The monoisotopic (exact) mass is 293 g/mol. The van der Waals surface area contributed by atoms with Gasteiger partial charge in [-0.25, -0.2) is 14.0 Å². The van der Waals surface area contributed by atoms with Gasteiger partial charge in [0.2, 0.25) is 0 Å². The van der Waals surface area contributed by atoms with E-state index in [1.807, 2.05) is 4.98 Å². The lowest BCUT2D eigenvalue weighted by molar-refractivity contribution is 0.0696. The van der Waals surface area contributed by atoms with Gasteiger partial charge in [0.25, 0.3) is 11.5 Å². The normalized spacial score (nSPS) is 10.1. The Labute approximate surface area is 115 Å². The van der Waals surface area contributed by atoms with Crippen molar-refractivity contribution in [3.63, 3.8) is 0 Å². The number of aromatic nitrogens is 2. The van der Waals surface area contributed by atoms with Gasteiger partial charge in [-0.2, -0.15) is 0 Å². The highest BCUT2D eigenvalue weighted by molar-refractivity contribution is 6.04. The molecule has 108 valence electrons. The first-order valence-electron chi connectivity index (χ1n) is 5.54. The average molecular weight is 293 g/mol. The number of hydrogen-bond donors (Lipinski definition) is 4. The summed E-state index contributed by atoms with van der Waals surface area (Å²) < 4.78 is 13.5. The second-order valence-electron chi connectivity index (χ2n) is 3.94. The Hall–Kier alpha value is -3.23. The molecule has 0 fully saturated rings. The number of halogens is 1. The van der Waals surface area contributed by atoms with Crippen molar-refractivity contribution >= 4 is 17.6 Å². The Morgan fingerprint density at radius 2 is 1.95 bits per heavy atom. The predicted molar refractivity (Wildman–Crippen MR) is 69.0 cm³/mol. The molecule has 0 saturated carbocycles. The van der Waals surface area contributed by atoms with Crippen LogP contribution in [0.4, 0.5) is 10.1 Å². The van der Waals surface area contributed by atoms with Gasteiger partial charge < -0.3 is 15.4 Å². The number of anilines is 1. The summed E-state index contributed by atoms with van der Waals surface area (Å²) in [4.78, 5) is 48.8. The summed E-state index contributed by atoms with van der Waals surface area (Å²) in [6, 6.07) is 2.81. The smallest absolute Gasteiger partial charge is 0.335 e. The number of hydrogen-bond acceptors (Lipinski definition) is 4. The van der Waals surface area contributed by atoms with Gasteiger partial charge in [0.15, 0.2) is 0 Å². The first kappa shape index (κ1) is 14.2. The van der Waals surface area contributed by atoms with Crippen molar-refractivity contribution in [2.75, 3.05) is 5.32 Å². The molecular weight excluding hydrogens is 285 g/mol. The first-order chi connectivity index (χ1) is 9.88. The third-order valence-electron chi connectivity index (χ3n) is 2.53. The van der Waals surface area contributed by atoms with Crippen LogP contribution in [0.1, 0.15) is 20.7 Å². The molecule has 2 rings (SSSR count). The fourth-order valence-corrected chi connectivity index (χ4v) is 1.52. The molecule has 8 nitrogen and oxygen atoms in total. The third-order valence-corrected chi connectivity index (χ3v) is 2.53. The van der Waals surface area contributed by atoms with Gasteiger partial charge in [-0.1, -0.05) is 0 Å². The zero-order valence-corrected chi connectivity index (χ0v) is 10.3. The Morgan fingerprint density at radius 3 is 2.57 bits per heavy atom. The number of H-pyrrole nitrogens is 2. The van der Waals surface area contributed by atoms with Gasteiger partial charge in [-0.3, -0.25) is 14.6 Å². The van der Waals surface area contributed by atoms with E-state index in [0.29, 0.717) is 0 Å². The van der Waals surface area contributed by atoms with Crippen LogP contribution in [0, 0.1) is 5.82 Å². The molecule has 0 aliphatic carbocycles. The molecule has 0 spiro atoms. The molecule has 2 aromatic rings. The van der Waals surface area contributed by atoms with Crippen LogP contribution in [0.2, 0.25) is 0 Å². The zero-order valence-electron chi connectivity index (χ0n) is 10.3. The van der Waals surface area contributed by atoms with Gasteiger partial charge in [0.1, 0.15) is 11.4 Å². The van der Waals surface area contributed by atoms with E-state index in [-0.39, 0.29) is 5.56 Å². The van der Waals surface area contributed by atoms with E-state index in [9.17, 15) is 23.6 Å². The topological polar surface area (TPSA) is 132 Å². The second-order valence-corrected chi connectivity index (χ2v) is 3.94. The number of carboxylic acids is 1. The quantitative estimate of drug-likeness (QED) is 0.639. The zero-order chi connectivity index (χ0) is 15.6. The number of carbonyl (C=O) groups excluding carboxylic acids is 1. The van der Waals surface area contributed by atoms with Crippen LogP contribution in [0.15, 0.2) is 34.0 Å². The molecule has 21 heavy (non-hydrogen) atoms. The van der Waals surface area contributed by atoms with Crippen LogP contribution in [0.25, 0.3) is 0 Å². The van der Waals surface area contributed by atoms with Crippen molar-refractivity contribution in [2.45, 2.75) is 0 Å². The number of amides is 1. The molecule has 0 unspecified atom stereocenters. The fraction of sp³-hybridized carbons (Fsp3) is 0. The molecule has 0 saturated heterocycles. The van der Waals surface area contributed by atoms with Gasteiger partial charge in [0, 0.05) is 6.20 Å². The first-order valence-corrected chi connectivity index (χ1v) is 5.54. The highest BCUT2D eigenvalue weighted by Gasteiger charge is 2.15. The molecule has 0 aliphatic rings. The standard InChI is InChI=1S/C12H8FN3O5/c13-7-2-1-5(11(19)20)3-8(7)15-9(17)6-4-14-12(21)16-10(6)18/h1-4H,(H,15,17)(H,19,20)(H2,14,16,18,21). The number of aromatic carboxylic acids is 1. The van der Waals surface area contributed by atoms with E-state index in [1.165, 1.54) is 0 Å². The van der Waals surface area contributed by atoms with Gasteiger partial charge >= 0.3 is 11.7 Å². The molecule has 1 heterocycles. The Bertz CT molecular complexity index is 839. The van der Waals surface area contributed by atoms with Gasteiger partial charge in [0.05, 0.1) is 11.3 Å². The molecule has 0 bridgehead atoms. The molecule has 9 heteroatoms. The largest absolute Gasteiger partial charge is 0.478 e. The van der Waals surface area contributed by atoms with E-state index >= 15 is 0 Å². The minimum Gasteiger partial charge on any atom is -0.478 e. The second kappa shape index (κ2) is 5.41. The van der Waals surface area contributed by atoms with E-state index in [0.717, 1.165) is 24.4 Å². The number of nitrogens with one attached hydrogen (secondary N) is 3. The summed E-state index contributed by atoms with van der Waals surface area (Å²) in [5.74, 6) is -3.16. The molecule has 4 N–H and O–H groups in total. The van der Waals surface area contributed by atoms with Crippen molar-refractivity contribution in [3.8, 4) is 0 Å². The molecule has 0 atom stereocenters. The Kier molecular flexibility index (Phi) is 3.65. The lowest BCUT2D eigenvalue weighted by Crippen LogP contribution is -2.29.